The van der Waals surface area contributed by atoms with Gasteiger partial charge in [0.25, 0.3) is 5.91 Å². The van der Waals surface area contributed by atoms with Crippen LogP contribution in [-0.4, -0.2) is 19.0 Å². The molecule has 0 saturated carbocycles. The van der Waals surface area contributed by atoms with Crippen molar-refractivity contribution in [2.24, 2.45) is 0 Å². The summed E-state index contributed by atoms with van der Waals surface area (Å²) in [6.07, 6.45) is 0. The molecule has 0 radical (unpaired) electrons. The van der Waals surface area contributed by atoms with Crippen molar-refractivity contribution in [1.29, 1.82) is 0 Å². The van der Waals surface area contributed by atoms with Gasteiger partial charge in [0.15, 0.2) is 0 Å². The molecule has 5 nitrogen and oxygen atoms in total. The molecule has 0 bridgehead atoms. The molecule has 3 aromatic rings. The molecule has 136 valence electrons. The first-order valence-corrected chi connectivity index (χ1v) is 8.42. The van der Waals surface area contributed by atoms with Crippen molar-refractivity contribution in [2.45, 2.75) is 6.61 Å². The van der Waals surface area contributed by atoms with Gasteiger partial charge in [0, 0.05) is 11.3 Å². The van der Waals surface area contributed by atoms with Crippen LogP contribution in [-0.2, 0) is 11.3 Å². The summed E-state index contributed by atoms with van der Waals surface area (Å²) in [6.45, 7) is 0.431. The largest absolute Gasteiger partial charge is 0.489 e. The Labute approximate surface area is 157 Å². The van der Waals surface area contributed by atoms with Crippen LogP contribution in [0.2, 0.25) is 0 Å². The summed E-state index contributed by atoms with van der Waals surface area (Å²) >= 11 is 0. The van der Waals surface area contributed by atoms with Gasteiger partial charge in [-0.3, -0.25) is 4.79 Å². The zero-order valence-electron chi connectivity index (χ0n) is 14.8. The number of esters is 1. The molecular weight excluding hydrogens is 342 g/mol. The van der Waals surface area contributed by atoms with Crippen LogP contribution in [0.5, 0.6) is 5.75 Å². The van der Waals surface area contributed by atoms with Crippen molar-refractivity contribution < 1.29 is 19.1 Å². The topological polar surface area (TPSA) is 64.6 Å². The minimum absolute atomic E-state index is 0.226. The molecule has 0 saturated heterocycles. The highest BCUT2D eigenvalue weighted by atomic mass is 16.5. The highest BCUT2D eigenvalue weighted by Crippen LogP contribution is 2.14. The quantitative estimate of drug-likeness (QED) is 0.665. The number of para-hydroxylation sites is 1. The summed E-state index contributed by atoms with van der Waals surface area (Å²) < 4.78 is 10.3. The number of rotatable bonds is 6. The van der Waals surface area contributed by atoms with E-state index in [4.69, 9.17) is 4.74 Å². The van der Waals surface area contributed by atoms with Crippen molar-refractivity contribution in [2.75, 3.05) is 12.4 Å². The number of carbonyl (C=O) groups excluding carboxylic acids is 2. The Morgan fingerprint density at radius 3 is 2.07 bits per heavy atom. The molecule has 0 fully saturated rings. The van der Waals surface area contributed by atoms with Gasteiger partial charge in [0.05, 0.1) is 12.7 Å². The number of nitrogens with one attached hydrogen (secondary N) is 1. The second kappa shape index (κ2) is 8.67. The fourth-order valence-corrected chi connectivity index (χ4v) is 2.45. The normalized spacial score (nSPS) is 10.1. The van der Waals surface area contributed by atoms with Gasteiger partial charge in [-0.15, -0.1) is 0 Å². The summed E-state index contributed by atoms with van der Waals surface area (Å²) in [7, 11) is 1.33. The van der Waals surface area contributed by atoms with Crippen LogP contribution in [0.4, 0.5) is 5.69 Å². The summed E-state index contributed by atoms with van der Waals surface area (Å²) in [5.74, 6) is 0.159. The van der Waals surface area contributed by atoms with Gasteiger partial charge >= 0.3 is 5.97 Å². The Morgan fingerprint density at radius 1 is 0.815 bits per heavy atom. The number of benzene rings is 3. The monoisotopic (exact) mass is 361 g/mol. The molecule has 5 heteroatoms. The number of anilines is 1. The van der Waals surface area contributed by atoms with Crippen LogP contribution in [0, 0.1) is 0 Å². The van der Waals surface area contributed by atoms with Crippen LogP contribution >= 0.6 is 0 Å². The SMILES string of the molecule is COC(=O)c1ccc(NC(=O)c2ccc(COc3ccccc3)cc2)cc1. The third-order valence-corrected chi connectivity index (χ3v) is 3.93. The van der Waals surface area contributed by atoms with E-state index >= 15 is 0 Å². The second-order valence-electron chi connectivity index (χ2n) is 5.82. The molecule has 0 heterocycles. The van der Waals surface area contributed by atoms with E-state index in [0.29, 0.717) is 23.4 Å². The molecule has 27 heavy (non-hydrogen) atoms. The highest BCUT2D eigenvalue weighted by Gasteiger charge is 2.08. The summed E-state index contributed by atoms with van der Waals surface area (Å²) in [4.78, 5) is 23.8. The number of hydrogen-bond acceptors (Lipinski definition) is 4. The van der Waals surface area contributed by atoms with Crippen LogP contribution in [0.1, 0.15) is 26.3 Å². The van der Waals surface area contributed by atoms with Crippen LogP contribution in [0.3, 0.4) is 0 Å². The molecule has 3 aromatic carbocycles. The molecule has 0 unspecified atom stereocenters. The first kappa shape index (κ1) is 18.2. The average Bonchev–Trinajstić information content (AvgIpc) is 2.73. The fraction of sp³-hybridized carbons (Fsp3) is 0.0909. The predicted octanol–water partition coefficient (Wildman–Crippen LogP) is 4.30. The lowest BCUT2D eigenvalue weighted by Gasteiger charge is -2.08. The van der Waals surface area contributed by atoms with E-state index in [0.717, 1.165) is 11.3 Å². The van der Waals surface area contributed by atoms with E-state index in [2.05, 4.69) is 10.1 Å². The Hall–Kier alpha value is -3.60. The van der Waals surface area contributed by atoms with Gasteiger partial charge in [-0.25, -0.2) is 4.79 Å². The van der Waals surface area contributed by atoms with E-state index in [1.54, 1.807) is 36.4 Å². The zero-order valence-corrected chi connectivity index (χ0v) is 14.8. The predicted molar refractivity (Wildman–Crippen MR) is 103 cm³/mol. The first-order chi connectivity index (χ1) is 13.2. The number of amides is 1. The van der Waals surface area contributed by atoms with Gasteiger partial charge in [0.2, 0.25) is 0 Å². The van der Waals surface area contributed by atoms with Gasteiger partial charge in [-0.1, -0.05) is 30.3 Å². The third kappa shape index (κ3) is 4.95. The Morgan fingerprint density at radius 2 is 1.44 bits per heavy atom. The summed E-state index contributed by atoms with van der Waals surface area (Å²) in [6, 6.07) is 23.3. The number of ether oxygens (including phenoxy) is 2. The van der Waals surface area contributed by atoms with Crippen molar-refractivity contribution >= 4 is 17.6 Å². The smallest absolute Gasteiger partial charge is 0.337 e. The Balaban J connectivity index is 1.58. The molecule has 1 N–H and O–H groups in total. The maximum Gasteiger partial charge on any atom is 0.337 e. The van der Waals surface area contributed by atoms with E-state index in [1.165, 1.54) is 7.11 Å². The van der Waals surface area contributed by atoms with E-state index < -0.39 is 5.97 Å². The van der Waals surface area contributed by atoms with Crippen LogP contribution < -0.4 is 10.1 Å². The lowest BCUT2D eigenvalue weighted by Crippen LogP contribution is -2.12. The second-order valence-corrected chi connectivity index (χ2v) is 5.82. The Bertz CT molecular complexity index is 903. The minimum atomic E-state index is -0.416. The zero-order chi connectivity index (χ0) is 19.1. The first-order valence-electron chi connectivity index (χ1n) is 8.42. The van der Waals surface area contributed by atoms with Crippen LogP contribution in [0.25, 0.3) is 0 Å². The Kier molecular flexibility index (Phi) is 5.84. The molecule has 0 atom stereocenters. The number of methoxy groups -OCH3 is 1. The standard InChI is InChI=1S/C22H19NO4/c1-26-22(25)18-11-13-19(14-12-18)23-21(24)17-9-7-16(8-10-17)15-27-20-5-3-2-4-6-20/h2-14H,15H2,1H3,(H,23,24). The molecular formula is C22H19NO4. The molecule has 0 aliphatic carbocycles. The maximum atomic E-state index is 12.3. The van der Waals surface area contributed by atoms with Crippen LogP contribution in [0.15, 0.2) is 78.9 Å². The van der Waals surface area contributed by atoms with Gasteiger partial charge in [0.1, 0.15) is 12.4 Å². The van der Waals surface area contributed by atoms with Crippen molar-refractivity contribution in [3.05, 3.63) is 95.6 Å². The third-order valence-electron chi connectivity index (χ3n) is 3.93. The summed E-state index contributed by atoms with van der Waals surface area (Å²) in [5, 5.41) is 2.80. The van der Waals surface area contributed by atoms with Gasteiger partial charge < -0.3 is 14.8 Å². The molecule has 1 amide bonds. The van der Waals surface area contributed by atoms with Gasteiger partial charge in [-0.2, -0.15) is 0 Å². The number of hydrogen-bond donors (Lipinski definition) is 1. The van der Waals surface area contributed by atoms with E-state index in [1.807, 2.05) is 42.5 Å². The lowest BCUT2D eigenvalue weighted by atomic mass is 10.1. The van der Waals surface area contributed by atoms with Crippen molar-refractivity contribution in [1.82, 2.24) is 0 Å². The van der Waals surface area contributed by atoms with Crippen molar-refractivity contribution in [3.63, 3.8) is 0 Å². The average molecular weight is 361 g/mol. The minimum Gasteiger partial charge on any atom is -0.489 e. The van der Waals surface area contributed by atoms with Gasteiger partial charge in [-0.05, 0) is 54.1 Å². The molecule has 0 aromatic heterocycles. The maximum absolute atomic E-state index is 12.3. The van der Waals surface area contributed by atoms with E-state index in [9.17, 15) is 9.59 Å². The molecule has 0 aliphatic heterocycles. The van der Waals surface area contributed by atoms with E-state index in [-0.39, 0.29) is 5.91 Å². The molecule has 0 aliphatic rings. The number of carbonyl (C=O) groups is 2. The summed E-state index contributed by atoms with van der Waals surface area (Å²) in [5.41, 5.74) is 2.54. The fourth-order valence-electron chi connectivity index (χ4n) is 2.45. The molecule has 0 spiro atoms. The lowest BCUT2D eigenvalue weighted by molar-refractivity contribution is 0.0600. The highest BCUT2D eigenvalue weighted by molar-refractivity contribution is 6.04. The molecule has 3 rings (SSSR count). The van der Waals surface area contributed by atoms with Crippen molar-refractivity contribution in [3.8, 4) is 5.75 Å².